The first kappa shape index (κ1) is 13.5. The number of hydrogen-bond acceptors (Lipinski definition) is 4. The van der Waals surface area contributed by atoms with Crippen LogP contribution in [-0.4, -0.2) is 17.3 Å². The Labute approximate surface area is 111 Å². The summed E-state index contributed by atoms with van der Waals surface area (Å²) in [5.41, 5.74) is 0.938. The first-order valence-electron chi connectivity index (χ1n) is 6.35. The number of ether oxygens (including phenoxy) is 1. The number of fused-ring (bicyclic) bond motifs is 1. The smallest absolute Gasteiger partial charge is 0.458 e. The van der Waals surface area contributed by atoms with Gasteiger partial charge in [-0.1, -0.05) is 11.5 Å². The fraction of sp³-hybridized carbons (Fsp3) is 0.429. The Balaban J connectivity index is 2.56. The van der Waals surface area contributed by atoms with Gasteiger partial charge < -0.3 is 14.3 Å². The first-order chi connectivity index (χ1) is 9.04. The van der Waals surface area contributed by atoms with E-state index in [0.717, 1.165) is 5.39 Å². The van der Waals surface area contributed by atoms with Crippen LogP contribution in [0, 0.1) is 0 Å². The zero-order valence-electron chi connectivity index (χ0n) is 11.3. The predicted octanol–water partition coefficient (Wildman–Crippen LogP) is 2.56. The molecule has 102 valence electrons. The fourth-order valence-electron chi connectivity index (χ4n) is 1.93. The van der Waals surface area contributed by atoms with Crippen molar-refractivity contribution in [3.8, 4) is 0 Å². The molecule has 0 amide bonds. The Bertz CT molecular complexity index is 588. The summed E-state index contributed by atoms with van der Waals surface area (Å²) in [4.78, 5) is 12.0. The van der Waals surface area contributed by atoms with Crippen molar-refractivity contribution in [2.24, 2.45) is 0 Å². The summed E-state index contributed by atoms with van der Waals surface area (Å²) in [7, 11) is 0. The van der Waals surface area contributed by atoms with Crippen molar-refractivity contribution in [2.75, 3.05) is 0 Å². The van der Waals surface area contributed by atoms with E-state index >= 15 is 0 Å². The summed E-state index contributed by atoms with van der Waals surface area (Å²) in [6.45, 7) is 5.39. The maximum atomic E-state index is 12.0. The van der Waals surface area contributed by atoms with Gasteiger partial charge in [0, 0.05) is 11.5 Å². The summed E-state index contributed by atoms with van der Waals surface area (Å²) in [6.07, 6.45) is 2.09. The van der Waals surface area contributed by atoms with Crippen molar-refractivity contribution < 1.29 is 23.6 Å². The van der Waals surface area contributed by atoms with Crippen LogP contribution in [0.5, 0.6) is 0 Å². The Morgan fingerprint density at radius 1 is 1.47 bits per heavy atom. The van der Waals surface area contributed by atoms with E-state index in [1.54, 1.807) is 32.2 Å². The van der Waals surface area contributed by atoms with Crippen molar-refractivity contribution in [1.82, 2.24) is 0 Å². The Morgan fingerprint density at radius 3 is 2.84 bits per heavy atom. The monoisotopic (exact) mass is 264 g/mol. The number of aliphatic hydroxyl groups is 1. The second-order valence-electron chi connectivity index (χ2n) is 4.63. The summed E-state index contributed by atoms with van der Waals surface area (Å²) < 4.78 is 11.9. The number of carbonyl (C=O) groups is 1. The zero-order valence-corrected chi connectivity index (χ0v) is 11.3. The molecule has 1 atom stereocenters. The van der Waals surface area contributed by atoms with Crippen molar-refractivity contribution in [1.29, 1.82) is 0 Å². The van der Waals surface area contributed by atoms with Crippen molar-refractivity contribution >= 4 is 17.1 Å². The van der Waals surface area contributed by atoms with Gasteiger partial charge in [0.1, 0.15) is 12.2 Å². The summed E-state index contributed by atoms with van der Waals surface area (Å²) in [6, 6.07) is 3.55. The number of hydrogen-bond donors (Lipinski definition) is 1. The molecule has 0 aliphatic carbocycles. The molecule has 5 heteroatoms. The van der Waals surface area contributed by atoms with E-state index in [1.165, 1.54) is 10.8 Å². The lowest BCUT2D eigenvalue weighted by Gasteiger charge is -2.08. The number of furan rings is 1. The molecule has 0 fully saturated rings. The van der Waals surface area contributed by atoms with E-state index in [9.17, 15) is 9.90 Å². The van der Waals surface area contributed by atoms with E-state index in [0.29, 0.717) is 17.7 Å². The standard InChI is InChI=1S/C14H18NO4/c1-4-11(16)12-13-10(6-8-18-13)5-7-15(12)14(17)19-9(2)3/h5-9,11,16H,4H2,1-3H3/q+1. The van der Waals surface area contributed by atoms with E-state index in [-0.39, 0.29) is 6.10 Å². The molecule has 0 radical (unpaired) electrons. The van der Waals surface area contributed by atoms with E-state index in [2.05, 4.69) is 0 Å². The van der Waals surface area contributed by atoms with Crippen LogP contribution in [0.15, 0.2) is 29.0 Å². The van der Waals surface area contributed by atoms with Gasteiger partial charge in [0.25, 0.3) is 5.69 Å². The zero-order chi connectivity index (χ0) is 14.0. The van der Waals surface area contributed by atoms with Crippen LogP contribution in [-0.2, 0) is 4.74 Å². The number of rotatable bonds is 3. The molecule has 1 unspecified atom stereocenters. The lowest BCUT2D eigenvalue weighted by atomic mass is 10.1. The third-order valence-corrected chi connectivity index (χ3v) is 2.83. The maximum Gasteiger partial charge on any atom is 0.602 e. The van der Waals surface area contributed by atoms with E-state index in [1.807, 2.05) is 6.92 Å². The molecule has 1 N–H and O–H groups in total. The van der Waals surface area contributed by atoms with Crippen LogP contribution in [0.3, 0.4) is 0 Å². The summed E-state index contributed by atoms with van der Waals surface area (Å²) in [5, 5.41) is 11.0. The lowest BCUT2D eigenvalue weighted by molar-refractivity contribution is -0.598. The molecule has 2 aromatic heterocycles. The SMILES string of the molecule is CCC(O)c1c2occc2cc[n+]1C(=O)OC(C)C. The Hall–Kier alpha value is -1.88. The minimum absolute atomic E-state index is 0.223. The van der Waals surface area contributed by atoms with Gasteiger partial charge >= 0.3 is 6.09 Å². The lowest BCUT2D eigenvalue weighted by Crippen LogP contribution is -2.48. The largest absolute Gasteiger partial charge is 0.602 e. The van der Waals surface area contributed by atoms with Gasteiger partial charge in [-0.05, 0) is 26.3 Å². The van der Waals surface area contributed by atoms with E-state index < -0.39 is 12.2 Å². The van der Waals surface area contributed by atoms with Gasteiger partial charge in [0.15, 0.2) is 6.20 Å². The van der Waals surface area contributed by atoms with Gasteiger partial charge in [-0.25, -0.2) is 0 Å². The first-order valence-corrected chi connectivity index (χ1v) is 6.35. The predicted molar refractivity (Wildman–Crippen MR) is 68.7 cm³/mol. The molecule has 19 heavy (non-hydrogen) atoms. The molecule has 2 rings (SSSR count). The molecular weight excluding hydrogens is 246 g/mol. The second-order valence-corrected chi connectivity index (χ2v) is 4.63. The number of aromatic nitrogens is 1. The molecule has 0 aliphatic heterocycles. The molecule has 0 spiro atoms. The molecule has 2 aromatic rings. The van der Waals surface area contributed by atoms with Crippen LogP contribution < -0.4 is 4.57 Å². The maximum absolute atomic E-state index is 12.0. The minimum Gasteiger partial charge on any atom is -0.458 e. The average molecular weight is 264 g/mol. The number of carbonyl (C=O) groups excluding carboxylic acids is 1. The van der Waals surface area contributed by atoms with Gasteiger partial charge in [-0.3, -0.25) is 0 Å². The molecule has 0 saturated carbocycles. The van der Waals surface area contributed by atoms with Gasteiger partial charge in [0.05, 0.1) is 6.26 Å². The number of aliphatic hydroxyl groups excluding tert-OH is 1. The Kier molecular flexibility index (Phi) is 3.85. The molecule has 5 nitrogen and oxygen atoms in total. The van der Waals surface area contributed by atoms with Gasteiger partial charge in [0.2, 0.25) is 5.58 Å². The van der Waals surface area contributed by atoms with Crippen LogP contribution in [0.1, 0.15) is 39.0 Å². The van der Waals surface area contributed by atoms with Gasteiger partial charge in [-0.2, -0.15) is 4.79 Å². The third kappa shape index (κ3) is 2.61. The average Bonchev–Trinajstić information content (AvgIpc) is 2.83. The molecule has 0 bridgehead atoms. The molecule has 0 saturated heterocycles. The van der Waals surface area contributed by atoms with Crippen molar-refractivity contribution in [3.63, 3.8) is 0 Å². The van der Waals surface area contributed by atoms with Crippen LogP contribution in [0.2, 0.25) is 0 Å². The summed E-state index contributed by atoms with van der Waals surface area (Å²) >= 11 is 0. The van der Waals surface area contributed by atoms with Crippen molar-refractivity contribution in [2.45, 2.75) is 39.4 Å². The Morgan fingerprint density at radius 2 is 2.21 bits per heavy atom. The molecular formula is C14H18NO4+. The molecule has 0 aromatic carbocycles. The fourth-order valence-corrected chi connectivity index (χ4v) is 1.93. The topological polar surface area (TPSA) is 63.6 Å². The summed E-state index contributed by atoms with van der Waals surface area (Å²) in [5.74, 6) is 0. The highest BCUT2D eigenvalue weighted by atomic mass is 16.6. The highest BCUT2D eigenvalue weighted by Gasteiger charge is 2.31. The van der Waals surface area contributed by atoms with E-state index in [4.69, 9.17) is 9.15 Å². The van der Waals surface area contributed by atoms with Crippen LogP contribution in [0.4, 0.5) is 4.79 Å². The third-order valence-electron chi connectivity index (χ3n) is 2.83. The number of nitrogens with zero attached hydrogens (tertiary/aromatic N) is 1. The molecule has 0 aliphatic rings. The minimum atomic E-state index is -0.783. The normalized spacial score (nSPS) is 12.9. The molecule has 2 heterocycles. The second kappa shape index (κ2) is 5.40. The number of pyridine rings is 1. The van der Waals surface area contributed by atoms with Crippen LogP contribution >= 0.6 is 0 Å². The highest BCUT2D eigenvalue weighted by Crippen LogP contribution is 2.23. The van der Waals surface area contributed by atoms with Crippen LogP contribution in [0.25, 0.3) is 11.0 Å². The highest BCUT2D eigenvalue weighted by molar-refractivity contribution is 5.79. The van der Waals surface area contributed by atoms with Gasteiger partial charge in [-0.15, -0.1) is 0 Å². The quantitative estimate of drug-likeness (QED) is 0.865. The van der Waals surface area contributed by atoms with Crippen molar-refractivity contribution in [3.05, 3.63) is 30.3 Å².